The van der Waals surface area contributed by atoms with Gasteiger partial charge in [0, 0.05) is 12.2 Å². The highest BCUT2D eigenvalue weighted by atomic mass is 32.2. The molecule has 1 atom stereocenters. The van der Waals surface area contributed by atoms with E-state index in [4.69, 9.17) is 4.74 Å². The van der Waals surface area contributed by atoms with Gasteiger partial charge in [0.1, 0.15) is 6.10 Å². The van der Waals surface area contributed by atoms with Gasteiger partial charge in [0.25, 0.3) is 10.0 Å². The molecule has 1 saturated heterocycles. The third-order valence-corrected chi connectivity index (χ3v) is 7.66. The van der Waals surface area contributed by atoms with Crippen LogP contribution in [0, 0.1) is 5.92 Å². The van der Waals surface area contributed by atoms with Crippen LogP contribution in [0.3, 0.4) is 0 Å². The smallest absolute Gasteiger partial charge is 0.407 e. The number of anilines is 2. The van der Waals surface area contributed by atoms with E-state index in [0.717, 1.165) is 12.0 Å². The molecule has 1 fully saturated rings. The summed E-state index contributed by atoms with van der Waals surface area (Å²) in [5, 5.41) is 2.58. The van der Waals surface area contributed by atoms with Gasteiger partial charge in [-0.1, -0.05) is 32.9 Å². The maximum absolute atomic E-state index is 13.7. The third kappa shape index (κ3) is 4.68. The minimum Gasteiger partial charge on any atom is -0.442 e. The third-order valence-electron chi connectivity index (χ3n) is 5.87. The number of alkyl carbamates (subject to hydrolysis) is 1. The first-order valence-corrected chi connectivity index (χ1v) is 12.6. The van der Waals surface area contributed by atoms with E-state index in [1.165, 1.54) is 4.31 Å². The molecule has 2 aliphatic heterocycles. The van der Waals surface area contributed by atoms with Crippen molar-refractivity contribution in [3.63, 3.8) is 0 Å². The van der Waals surface area contributed by atoms with Crippen LogP contribution in [-0.2, 0) is 32.4 Å². The van der Waals surface area contributed by atoms with Crippen molar-refractivity contribution in [2.24, 2.45) is 5.92 Å². The van der Waals surface area contributed by atoms with Crippen molar-refractivity contribution in [2.45, 2.75) is 44.6 Å². The monoisotopic (exact) mass is 471 g/mol. The van der Waals surface area contributed by atoms with Crippen molar-refractivity contribution in [2.75, 3.05) is 28.8 Å². The fourth-order valence-electron chi connectivity index (χ4n) is 4.16. The molecule has 0 saturated carbocycles. The molecule has 4 rings (SSSR count). The summed E-state index contributed by atoms with van der Waals surface area (Å²) in [5.41, 5.74) is 3.07. The second-order valence-corrected chi connectivity index (χ2v) is 10.7. The Morgan fingerprint density at radius 3 is 2.48 bits per heavy atom. The SMILES string of the molecule is CCc1ccc(N(CC(C)C)S(=O)(=O)c2ccc3c(c2)CC(=O)N3CC2CNC(=O)O2)cc1. The van der Waals surface area contributed by atoms with E-state index in [2.05, 4.69) is 12.2 Å². The number of carbonyl (C=O) groups excluding carboxylic acids is 2. The van der Waals surface area contributed by atoms with Crippen molar-refractivity contribution in [1.29, 1.82) is 0 Å². The number of rotatable bonds is 8. The summed E-state index contributed by atoms with van der Waals surface area (Å²) in [6.07, 6.45) is 0.0687. The standard InChI is InChI=1S/C24H29N3O5S/c1-4-17-5-7-19(8-6-17)27(14-16(2)3)33(30,31)21-9-10-22-18(11-21)12-23(28)26(22)15-20-13-25-24(29)32-20/h5-11,16,20H,4,12-15H2,1-3H3,(H,25,29). The highest BCUT2D eigenvalue weighted by Crippen LogP contribution is 2.33. The van der Waals surface area contributed by atoms with Gasteiger partial charge in [0.15, 0.2) is 0 Å². The molecule has 0 radical (unpaired) electrons. The van der Waals surface area contributed by atoms with E-state index in [-0.39, 0.29) is 29.7 Å². The summed E-state index contributed by atoms with van der Waals surface area (Å²) < 4.78 is 33.9. The Labute approximate surface area is 194 Å². The van der Waals surface area contributed by atoms with Crippen LogP contribution in [0.4, 0.5) is 16.2 Å². The molecular formula is C24H29N3O5S. The molecular weight excluding hydrogens is 442 g/mol. The molecule has 1 unspecified atom stereocenters. The number of cyclic esters (lactones) is 1. The number of ether oxygens (including phenoxy) is 1. The number of sulfonamides is 1. The minimum atomic E-state index is -3.83. The summed E-state index contributed by atoms with van der Waals surface area (Å²) in [6, 6.07) is 12.4. The van der Waals surface area contributed by atoms with Crippen LogP contribution in [0.15, 0.2) is 47.4 Å². The van der Waals surface area contributed by atoms with Gasteiger partial charge in [-0.3, -0.25) is 9.10 Å². The number of benzene rings is 2. The van der Waals surface area contributed by atoms with Gasteiger partial charge < -0.3 is 15.0 Å². The van der Waals surface area contributed by atoms with E-state index < -0.39 is 22.2 Å². The Morgan fingerprint density at radius 1 is 1.15 bits per heavy atom. The van der Waals surface area contributed by atoms with Gasteiger partial charge in [-0.25, -0.2) is 13.2 Å². The average molecular weight is 472 g/mol. The summed E-state index contributed by atoms with van der Waals surface area (Å²) in [4.78, 5) is 25.6. The number of hydrogen-bond donors (Lipinski definition) is 1. The van der Waals surface area contributed by atoms with E-state index in [1.54, 1.807) is 23.1 Å². The molecule has 1 N–H and O–H groups in total. The maximum Gasteiger partial charge on any atom is 0.407 e. The molecule has 2 aromatic rings. The molecule has 2 heterocycles. The highest BCUT2D eigenvalue weighted by Gasteiger charge is 2.34. The normalized spacial score (nSPS) is 17.8. The van der Waals surface area contributed by atoms with Gasteiger partial charge in [-0.15, -0.1) is 0 Å². The molecule has 0 spiro atoms. The number of hydrogen-bond acceptors (Lipinski definition) is 5. The second kappa shape index (κ2) is 9.05. The van der Waals surface area contributed by atoms with E-state index in [1.807, 2.05) is 38.1 Å². The molecule has 0 aromatic heterocycles. The zero-order valence-corrected chi connectivity index (χ0v) is 19.9. The summed E-state index contributed by atoms with van der Waals surface area (Å²) in [5.74, 6) is -0.0171. The molecule has 176 valence electrons. The predicted octanol–water partition coefficient (Wildman–Crippen LogP) is 3.10. The summed E-state index contributed by atoms with van der Waals surface area (Å²) in [7, 11) is -3.83. The second-order valence-electron chi connectivity index (χ2n) is 8.83. The lowest BCUT2D eigenvalue weighted by atomic mass is 10.1. The number of amides is 2. The Hall–Kier alpha value is -3.07. The lowest BCUT2D eigenvalue weighted by Gasteiger charge is -2.27. The van der Waals surface area contributed by atoms with Crippen LogP contribution in [0.1, 0.15) is 31.9 Å². The minimum absolute atomic E-state index is 0.113. The topological polar surface area (TPSA) is 96.0 Å². The number of aryl methyl sites for hydroxylation is 1. The Morgan fingerprint density at radius 2 is 1.88 bits per heavy atom. The van der Waals surface area contributed by atoms with Crippen molar-refractivity contribution in [1.82, 2.24) is 5.32 Å². The van der Waals surface area contributed by atoms with Crippen LogP contribution in [0.2, 0.25) is 0 Å². The van der Waals surface area contributed by atoms with Crippen LogP contribution in [-0.4, -0.2) is 46.2 Å². The lowest BCUT2D eigenvalue weighted by Crippen LogP contribution is -2.36. The van der Waals surface area contributed by atoms with Gasteiger partial charge >= 0.3 is 6.09 Å². The molecule has 33 heavy (non-hydrogen) atoms. The van der Waals surface area contributed by atoms with Crippen molar-refractivity contribution in [3.8, 4) is 0 Å². The van der Waals surface area contributed by atoms with Gasteiger partial charge in [0.05, 0.1) is 30.1 Å². The number of nitrogens with zero attached hydrogens (tertiary/aromatic N) is 2. The first-order chi connectivity index (χ1) is 15.7. The zero-order chi connectivity index (χ0) is 23.8. The van der Waals surface area contributed by atoms with Crippen molar-refractivity contribution in [3.05, 3.63) is 53.6 Å². The quantitative estimate of drug-likeness (QED) is 0.638. The van der Waals surface area contributed by atoms with Crippen molar-refractivity contribution < 1.29 is 22.7 Å². The Kier molecular flexibility index (Phi) is 6.34. The van der Waals surface area contributed by atoms with Crippen molar-refractivity contribution >= 4 is 33.4 Å². The Balaban J connectivity index is 1.63. The Bertz CT molecular complexity index is 1160. The largest absolute Gasteiger partial charge is 0.442 e. The summed E-state index contributed by atoms with van der Waals surface area (Å²) >= 11 is 0. The van der Waals surface area contributed by atoms with Gasteiger partial charge in [-0.2, -0.15) is 0 Å². The molecule has 0 aliphatic carbocycles. The number of carbonyl (C=O) groups is 2. The lowest BCUT2D eigenvalue weighted by molar-refractivity contribution is -0.117. The molecule has 2 amide bonds. The van der Waals surface area contributed by atoms with Crippen LogP contribution in [0.5, 0.6) is 0 Å². The first kappa shape index (κ1) is 23.1. The molecule has 0 bridgehead atoms. The van der Waals surface area contributed by atoms with Crippen LogP contribution >= 0.6 is 0 Å². The fourth-order valence-corrected chi connectivity index (χ4v) is 5.84. The molecule has 2 aliphatic rings. The van der Waals surface area contributed by atoms with Crippen LogP contribution in [0.25, 0.3) is 0 Å². The van der Waals surface area contributed by atoms with Gasteiger partial charge in [0.2, 0.25) is 5.91 Å². The first-order valence-electron chi connectivity index (χ1n) is 11.2. The molecule has 2 aromatic carbocycles. The van der Waals surface area contributed by atoms with Crippen LogP contribution < -0.4 is 14.5 Å². The molecule has 9 heteroatoms. The summed E-state index contributed by atoms with van der Waals surface area (Å²) in [6.45, 7) is 6.93. The van der Waals surface area contributed by atoms with E-state index in [0.29, 0.717) is 30.0 Å². The number of nitrogens with one attached hydrogen (secondary N) is 1. The fraction of sp³-hybridized carbons (Fsp3) is 0.417. The average Bonchev–Trinajstić information content (AvgIpc) is 3.34. The zero-order valence-electron chi connectivity index (χ0n) is 19.1. The predicted molar refractivity (Wildman–Crippen MR) is 126 cm³/mol. The van der Waals surface area contributed by atoms with Gasteiger partial charge in [-0.05, 0) is 53.8 Å². The van der Waals surface area contributed by atoms with E-state index >= 15 is 0 Å². The maximum atomic E-state index is 13.7. The number of fused-ring (bicyclic) bond motifs is 1. The molecule has 8 nitrogen and oxygen atoms in total. The highest BCUT2D eigenvalue weighted by molar-refractivity contribution is 7.92. The van der Waals surface area contributed by atoms with E-state index in [9.17, 15) is 18.0 Å².